The van der Waals surface area contributed by atoms with Gasteiger partial charge in [0.15, 0.2) is 0 Å². The summed E-state index contributed by atoms with van der Waals surface area (Å²) in [6, 6.07) is 0. The maximum Gasteiger partial charge on any atom is 0.146 e. The predicted molar refractivity (Wildman–Crippen MR) is 47.0 cm³/mol. The van der Waals surface area contributed by atoms with Crippen molar-refractivity contribution in [3.63, 3.8) is 0 Å². The summed E-state index contributed by atoms with van der Waals surface area (Å²) < 4.78 is 1.89. The molecule has 3 aliphatic carbocycles. The van der Waals surface area contributed by atoms with Crippen LogP contribution in [0.4, 0.5) is 0 Å². The van der Waals surface area contributed by atoms with Crippen LogP contribution in [0, 0.1) is 5.92 Å². The van der Waals surface area contributed by atoms with Crippen LogP contribution in [0.25, 0.3) is 5.76 Å². The van der Waals surface area contributed by atoms with E-state index in [0.717, 1.165) is 5.92 Å². The van der Waals surface area contributed by atoms with Gasteiger partial charge < -0.3 is 5.11 Å². The highest BCUT2D eigenvalue weighted by atomic mass is 16.3. The summed E-state index contributed by atoms with van der Waals surface area (Å²) in [6.07, 6.45) is 5.48. The summed E-state index contributed by atoms with van der Waals surface area (Å²) in [6.45, 7) is 3.42. The fourth-order valence-corrected chi connectivity index (χ4v) is 2.34. The van der Waals surface area contributed by atoms with E-state index in [0.29, 0.717) is 5.69 Å². The van der Waals surface area contributed by atoms with E-state index < -0.39 is 0 Å². The summed E-state index contributed by atoms with van der Waals surface area (Å²) >= 11 is 0. The zero-order valence-electron chi connectivity index (χ0n) is 7.27. The van der Waals surface area contributed by atoms with Gasteiger partial charge in [0.2, 0.25) is 0 Å². The van der Waals surface area contributed by atoms with E-state index in [1.165, 1.54) is 19.3 Å². The lowest BCUT2D eigenvalue weighted by Crippen LogP contribution is -2.59. The van der Waals surface area contributed by atoms with Crippen LogP contribution in [0.3, 0.4) is 0 Å². The van der Waals surface area contributed by atoms with E-state index in [-0.39, 0.29) is 11.3 Å². The minimum absolute atomic E-state index is 0.00199. The molecule has 0 aromatic carbocycles. The zero-order chi connectivity index (χ0) is 9.05. The molecule has 68 valence electrons. The van der Waals surface area contributed by atoms with Crippen molar-refractivity contribution in [2.75, 3.05) is 0 Å². The number of hydrogen-bond acceptors (Lipinski definition) is 3. The van der Waals surface area contributed by atoms with Crippen molar-refractivity contribution in [1.29, 1.82) is 0 Å². The molecule has 4 nitrogen and oxygen atoms in total. The van der Waals surface area contributed by atoms with E-state index in [9.17, 15) is 0 Å². The third-order valence-electron chi connectivity index (χ3n) is 3.28. The molecule has 1 aromatic rings. The zero-order valence-corrected chi connectivity index (χ0v) is 7.27. The Labute approximate surface area is 75.9 Å². The molecule has 0 radical (unpaired) electrons. The lowest BCUT2D eigenvalue weighted by molar-refractivity contribution is -0.0989. The van der Waals surface area contributed by atoms with Crippen LogP contribution in [0.2, 0.25) is 0 Å². The molecule has 0 atom stereocenters. The van der Waals surface area contributed by atoms with Gasteiger partial charge in [-0.2, -0.15) is 0 Å². The second-order valence-corrected chi connectivity index (χ2v) is 4.20. The van der Waals surface area contributed by atoms with Gasteiger partial charge in [0, 0.05) is 0 Å². The Morgan fingerprint density at radius 3 is 2.69 bits per heavy atom. The Morgan fingerprint density at radius 2 is 2.31 bits per heavy atom. The fourth-order valence-electron chi connectivity index (χ4n) is 2.34. The van der Waals surface area contributed by atoms with Crippen molar-refractivity contribution in [3.05, 3.63) is 18.5 Å². The molecular formula is C9H11N3O. The molecule has 1 N–H and O–H groups in total. The Morgan fingerprint density at radius 1 is 1.62 bits per heavy atom. The lowest BCUT2D eigenvalue weighted by atomic mass is 9.50. The van der Waals surface area contributed by atoms with Crippen LogP contribution in [-0.4, -0.2) is 20.1 Å². The van der Waals surface area contributed by atoms with Gasteiger partial charge in [-0.3, -0.25) is 0 Å². The molecule has 0 aliphatic heterocycles. The summed E-state index contributed by atoms with van der Waals surface area (Å²) in [4.78, 5) is 0. The highest BCUT2D eigenvalue weighted by molar-refractivity contribution is 5.49. The van der Waals surface area contributed by atoms with Crippen LogP contribution in [-0.2, 0) is 5.54 Å². The molecular weight excluding hydrogens is 166 g/mol. The van der Waals surface area contributed by atoms with Gasteiger partial charge in [-0.1, -0.05) is 11.8 Å². The van der Waals surface area contributed by atoms with Crippen molar-refractivity contribution in [3.8, 4) is 0 Å². The molecule has 0 spiro atoms. The number of hydrogen-bond donors (Lipinski definition) is 1. The highest BCUT2D eigenvalue weighted by Gasteiger charge is 2.58. The molecule has 0 amide bonds. The van der Waals surface area contributed by atoms with Crippen molar-refractivity contribution in [2.45, 2.75) is 24.8 Å². The first kappa shape index (κ1) is 7.12. The molecule has 4 heteroatoms. The van der Waals surface area contributed by atoms with E-state index >= 15 is 0 Å². The molecule has 0 unspecified atom stereocenters. The van der Waals surface area contributed by atoms with Crippen molar-refractivity contribution in [1.82, 2.24) is 15.0 Å². The van der Waals surface area contributed by atoms with Gasteiger partial charge >= 0.3 is 0 Å². The molecule has 1 heterocycles. The standard InChI is InChI=1S/C9H11N3O/c1-6(13)8-5-12(11-10-8)9-2-7(3-9)4-9/h5,7,13H,1-4H2. The van der Waals surface area contributed by atoms with Gasteiger partial charge in [-0.05, 0) is 25.2 Å². The van der Waals surface area contributed by atoms with Gasteiger partial charge in [-0.25, -0.2) is 4.68 Å². The number of aromatic nitrogens is 3. The van der Waals surface area contributed by atoms with Crippen LogP contribution in [0.1, 0.15) is 25.0 Å². The maximum atomic E-state index is 9.10. The first-order chi connectivity index (χ1) is 6.20. The lowest BCUT2D eigenvalue weighted by Gasteiger charge is -2.61. The second-order valence-electron chi connectivity index (χ2n) is 4.20. The summed E-state index contributed by atoms with van der Waals surface area (Å²) in [5, 5.41) is 17.0. The molecule has 1 aromatic heterocycles. The smallest absolute Gasteiger partial charge is 0.146 e. The third-order valence-corrected chi connectivity index (χ3v) is 3.28. The second kappa shape index (κ2) is 1.95. The largest absolute Gasteiger partial charge is 0.506 e. The van der Waals surface area contributed by atoms with Crippen LogP contribution in [0.5, 0.6) is 0 Å². The van der Waals surface area contributed by atoms with Crippen molar-refractivity contribution in [2.24, 2.45) is 5.92 Å². The number of aliphatic hydroxyl groups excluding tert-OH is 1. The summed E-state index contributed by atoms with van der Waals surface area (Å²) in [5.74, 6) is 0.919. The molecule has 3 saturated carbocycles. The van der Waals surface area contributed by atoms with E-state index in [4.69, 9.17) is 5.11 Å². The Kier molecular flexibility index (Phi) is 1.07. The molecule has 3 fully saturated rings. The molecule has 3 aliphatic rings. The SMILES string of the molecule is C=C(O)c1cn(C23CC(C2)C3)nn1. The number of rotatable bonds is 2. The summed E-state index contributed by atoms with van der Waals surface area (Å²) in [7, 11) is 0. The van der Waals surface area contributed by atoms with Gasteiger partial charge in [-0.15, -0.1) is 5.10 Å². The van der Waals surface area contributed by atoms with E-state index in [1.54, 1.807) is 6.20 Å². The minimum Gasteiger partial charge on any atom is -0.506 e. The highest BCUT2D eigenvalue weighted by Crippen LogP contribution is 2.61. The molecule has 13 heavy (non-hydrogen) atoms. The van der Waals surface area contributed by atoms with Crippen molar-refractivity contribution >= 4 is 5.76 Å². The molecule has 0 saturated heterocycles. The molecule has 2 bridgehead atoms. The first-order valence-corrected chi connectivity index (χ1v) is 4.51. The fraction of sp³-hybridized carbons (Fsp3) is 0.556. The first-order valence-electron chi connectivity index (χ1n) is 4.51. The Balaban J connectivity index is 1.93. The maximum absolute atomic E-state index is 9.10. The van der Waals surface area contributed by atoms with Gasteiger partial charge in [0.05, 0.1) is 11.7 Å². The van der Waals surface area contributed by atoms with Crippen LogP contribution in [0.15, 0.2) is 12.8 Å². The average molecular weight is 177 g/mol. The van der Waals surface area contributed by atoms with E-state index in [1.807, 2.05) is 4.68 Å². The predicted octanol–water partition coefficient (Wildman–Crippen LogP) is 1.32. The average Bonchev–Trinajstić information content (AvgIpc) is 2.28. The van der Waals surface area contributed by atoms with Gasteiger partial charge in [0.25, 0.3) is 0 Å². The van der Waals surface area contributed by atoms with Gasteiger partial charge in [0.1, 0.15) is 11.5 Å². The normalized spacial score (nSPS) is 34.9. The minimum atomic E-state index is -0.00199. The Hall–Kier alpha value is -1.32. The van der Waals surface area contributed by atoms with Crippen LogP contribution >= 0.6 is 0 Å². The summed E-state index contributed by atoms with van der Waals surface area (Å²) in [5.41, 5.74) is 0.746. The van der Waals surface area contributed by atoms with E-state index in [2.05, 4.69) is 16.9 Å². The monoisotopic (exact) mass is 177 g/mol. The topological polar surface area (TPSA) is 50.9 Å². The Bertz CT molecular complexity index is 365. The number of nitrogens with zero attached hydrogens (tertiary/aromatic N) is 3. The van der Waals surface area contributed by atoms with Crippen LogP contribution < -0.4 is 0 Å². The quantitative estimate of drug-likeness (QED) is 0.693. The number of aliphatic hydroxyl groups is 1. The van der Waals surface area contributed by atoms with Crippen molar-refractivity contribution < 1.29 is 5.11 Å². The third kappa shape index (κ3) is 0.753. The molecule has 4 rings (SSSR count).